The number of imidazole rings is 2. The molecular formula is C34H30F3N6O2+. The first-order chi connectivity index (χ1) is 21.7. The lowest BCUT2D eigenvalue weighted by Crippen LogP contribution is -2.43. The van der Waals surface area contributed by atoms with Crippen LogP contribution in [-0.2, 0) is 12.7 Å². The Morgan fingerprint density at radius 1 is 1.00 bits per heavy atom. The lowest BCUT2D eigenvalue weighted by atomic mass is 10.2. The summed E-state index contributed by atoms with van der Waals surface area (Å²) in [6.45, 7) is 9.35. The van der Waals surface area contributed by atoms with Crippen molar-refractivity contribution < 1.29 is 22.5 Å². The highest BCUT2D eigenvalue weighted by Crippen LogP contribution is 2.32. The van der Waals surface area contributed by atoms with Crippen LogP contribution in [0.3, 0.4) is 0 Å². The number of carbonyl (C=O) groups is 1. The fraction of sp³-hybridized carbons (Fsp3) is 0.235. The summed E-state index contributed by atoms with van der Waals surface area (Å²) >= 11 is 0. The van der Waals surface area contributed by atoms with Gasteiger partial charge in [0.15, 0.2) is 11.4 Å². The quantitative estimate of drug-likeness (QED) is 0.169. The molecule has 1 amide bonds. The molecule has 3 aromatic carbocycles. The average Bonchev–Trinajstić information content (AvgIpc) is 3.75. The molecule has 1 N–H and O–H groups in total. The zero-order chi connectivity index (χ0) is 31.7. The van der Waals surface area contributed by atoms with E-state index in [1.807, 2.05) is 45.7 Å². The lowest BCUT2D eigenvalue weighted by Gasteiger charge is -2.13. The van der Waals surface area contributed by atoms with Gasteiger partial charge in [0, 0.05) is 6.04 Å². The number of rotatable bonds is 6. The third-order valence-electron chi connectivity index (χ3n) is 8.16. The van der Waals surface area contributed by atoms with Crippen molar-refractivity contribution in [2.75, 3.05) is 0 Å². The van der Waals surface area contributed by atoms with Crippen LogP contribution in [0.1, 0.15) is 42.5 Å². The van der Waals surface area contributed by atoms with Crippen LogP contribution in [-0.4, -0.2) is 25.8 Å². The zero-order valence-electron chi connectivity index (χ0n) is 24.5. The summed E-state index contributed by atoms with van der Waals surface area (Å²) in [7, 11) is 0. The van der Waals surface area contributed by atoms with Gasteiger partial charge < -0.3 is 5.32 Å². The van der Waals surface area contributed by atoms with Gasteiger partial charge in [-0.15, -0.1) is 0 Å². The minimum atomic E-state index is -4.62. The topological polar surface area (TPSA) is 69.2 Å². The molecule has 1 aliphatic carbocycles. The van der Waals surface area contributed by atoms with Crippen LogP contribution >= 0.6 is 0 Å². The van der Waals surface area contributed by atoms with Gasteiger partial charge in [-0.1, -0.05) is 61.4 Å². The van der Waals surface area contributed by atoms with Crippen LogP contribution in [0.4, 0.5) is 23.7 Å². The number of benzene rings is 3. The first-order valence-corrected chi connectivity index (χ1v) is 14.6. The highest BCUT2D eigenvalue weighted by Gasteiger charge is 2.35. The summed E-state index contributed by atoms with van der Waals surface area (Å²) in [5.74, 6) is 0.469. The Morgan fingerprint density at radius 2 is 1.71 bits per heavy atom. The highest BCUT2D eigenvalue weighted by molar-refractivity contribution is 5.82. The molecular weight excluding hydrogens is 581 g/mol. The Kier molecular flexibility index (Phi) is 7.89. The van der Waals surface area contributed by atoms with E-state index in [1.165, 1.54) is 12.1 Å². The van der Waals surface area contributed by atoms with Crippen molar-refractivity contribution in [3.8, 4) is 22.9 Å². The largest absolute Gasteiger partial charge is 0.416 e. The van der Waals surface area contributed by atoms with Gasteiger partial charge in [0.2, 0.25) is 0 Å². The molecule has 0 spiro atoms. The number of nitrogens with one attached hydrogen (secondary N) is 1. The van der Waals surface area contributed by atoms with Crippen molar-refractivity contribution >= 4 is 11.7 Å². The van der Waals surface area contributed by atoms with Gasteiger partial charge in [-0.2, -0.15) is 17.7 Å². The van der Waals surface area contributed by atoms with Crippen molar-refractivity contribution in [1.29, 1.82) is 0 Å². The van der Waals surface area contributed by atoms with Crippen molar-refractivity contribution in [2.45, 2.75) is 51.4 Å². The number of carbonyl (C=O) groups excluding carboxylic acids is 1. The zero-order valence-corrected chi connectivity index (χ0v) is 24.5. The molecule has 1 saturated carbocycles. The molecule has 0 unspecified atom stereocenters. The maximum atomic E-state index is 14.2. The maximum Gasteiger partial charge on any atom is 0.416 e. The van der Waals surface area contributed by atoms with Gasteiger partial charge >= 0.3 is 23.7 Å². The smallest absolute Gasteiger partial charge is 0.335 e. The van der Waals surface area contributed by atoms with Crippen molar-refractivity contribution in [2.24, 2.45) is 0 Å². The van der Waals surface area contributed by atoms with Crippen molar-refractivity contribution in [3.05, 3.63) is 130 Å². The molecule has 2 heterocycles. The first kappa shape index (κ1) is 29.7. The minimum absolute atomic E-state index is 0.00452. The van der Waals surface area contributed by atoms with E-state index >= 15 is 0 Å². The van der Waals surface area contributed by atoms with Gasteiger partial charge in [0.25, 0.3) is 0 Å². The van der Waals surface area contributed by atoms with Crippen LogP contribution in [0, 0.1) is 13.5 Å². The van der Waals surface area contributed by atoms with Gasteiger partial charge in [-0.05, 0) is 55.7 Å². The standard InChI is InChI=1S/C34H29F3N6O2/c1-23-30(31-40(22-24-9-4-3-5-10-24)19-20-41(31)28-17-15-26(38-2)16-18-28)43(32(44)39-27-12-6-7-13-27)33(45)42(23)29-14-8-11-25(21-29)34(35,36)37/h3-5,8-11,14-21,27H,6-7,12-13,22H2,1H3/p+1. The highest BCUT2D eigenvalue weighted by atomic mass is 19.4. The molecule has 0 bridgehead atoms. The minimum Gasteiger partial charge on any atom is -0.335 e. The fourth-order valence-electron chi connectivity index (χ4n) is 5.97. The second kappa shape index (κ2) is 12.0. The first-order valence-electron chi connectivity index (χ1n) is 14.6. The molecule has 0 radical (unpaired) electrons. The summed E-state index contributed by atoms with van der Waals surface area (Å²) in [4.78, 5) is 31.7. The molecule has 1 fully saturated rings. The number of hydrogen-bond donors (Lipinski definition) is 1. The lowest BCUT2D eigenvalue weighted by molar-refractivity contribution is -0.676. The molecule has 0 atom stereocenters. The monoisotopic (exact) mass is 611 g/mol. The third-order valence-corrected chi connectivity index (χ3v) is 8.16. The van der Waals surface area contributed by atoms with Crippen LogP contribution in [0.5, 0.6) is 0 Å². The Morgan fingerprint density at radius 3 is 2.38 bits per heavy atom. The summed E-state index contributed by atoms with van der Waals surface area (Å²) < 4.78 is 47.1. The van der Waals surface area contributed by atoms with Gasteiger partial charge in [0.1, 0.15) is 24.6 Å². The van der Waals surface area contributed by atoms with E-state index in [0.717, 1.165) is 52.5 Å². The summed E-state index contributed by atoms with van der Waals surface area (Å²) in [5.41, 5.74) is 0.927. The Balaban J connectivity index is 1.62. The molecule has 6 rings (SSSR count). The molecule has 1 aliphatic rings. The number of hydrogen-bond acceptors (Lipinski definition) is 2. The normalized spacial score (nSPS) is 13.6. The molecule has 11 heteroatoms. The predicted octanol–water partition coefficient (Wildman–Crippen LogP) is 6.81. The molecule has 45 heavy (non-hydrogen) atoms. The summed E-state index contributed by atoms with van der Waals surface area (Å²) in [5, 5.41) is 2.99. The molecule has 5 aromatic rings. The Bertz CT molecular complexity index is 1960. The van der Waals surface area contributed by atoms with Crippen molar-refractivity contribution in [3.63, 3.8) is 0 Å². The van der Waals surface area contributed by atoms with Crippen LogP contribution in [0.2, 0.25) is 0 Å². The van der Waals surface area contributed by atoms with Gasteiger partial charge in [-0.25, -0.2) is 23.6 Å². The molecule has 228 valence electrons. The second-order valence-corrected chi connectivity index (χ2v) is 11.1. The van der Waals surface area contributed by atoms with Crippen LogP contribution < -0.4 is 15.6 Å². The molecule has 2 aromatic heterocycles. The van der Waals surface area contributed by atoms with E-state index < -0.39 is 23.5 Å². The maximum absolute atomic E-state index is 14.2. The number of halogens is 3. The fourth-order valence-corrected chi connectivity index (χ4v) is 5.97. The predicted molar refractivity (Wildman–Crippen MR) is 163 cm³/mol. The summed E-state index contributed by atoms with van der Waals surface area (Å²) in [6, 6.07) is 20.3. The second-order valence-electron chi connectivity index (χ2n) is 11.1. The Hall–Kier alpha value is -5.37. The van der Waals surface area contributed by atoms with Gasteiger partial charge in [0.05, 0.1) is 23.5 Å². The van der Waals surface area contributed by atoms with Crippen LogP contribution in [0.15, 0.2) is 96.1 Å². The number of alkyl halides is 3. The number of aromatic nitrogens is 4. The third kappa shape index (κ3) is 5.79. The summed E-state index contributed by atoms with van der Waals surface area (Å²) in [6.07, 6.45) is 2.48. The SMILES string of the molecule is [C-]#[N+]c1ccc(-n2cc[n+](Cc3ccccc3)c2-c2c(C)n(-c3cccc(C(F)(F)F)c3)c(=O)n2C(=O)NC2CCCC2)cc1. The molecule has 8 nitrogen and oxygen atoms in total. The van der Waals surface area contributed by atoms with E-state index in [0.29, 0.717) is 29.4 Å². The number of nitrogens with zero attached hydrogens (tertiary/aromatic N) is 5. The Labute approximate surface area is 257 Å². The molecule has 0 aliphatic heterocycles. The van der Waals surface area contributed by atoms with E-state index in [2.05, 4.69) is 10.2 Å². The van der Waals surface area contributed by atoms with E-state index in [-0.39, 0.29) is 17.4 Å². The molecule has 0 saturated heterocycles. The van der Waals surface area contributed by atoms with E-state index in [1.54, 1.807) is 37.4 Å². The average molecular weight is 612 g/mol. The van der Waals surface area contributed by atoms with Crippen molar-refractivity contribution in [1.82, 2.24) is 19.0 Å². The van der Waals surface area contributed by atoms with E-state index in [9.17, 15) is 22.8 Å². The van der Waals surface area contributed by atoms with Crippen LogP contribution in [0.25, 0.3) is 27.7 Å². The van der Waals surface area contributed by atoms with Gasteiger partial charge in [-0.3, -0.25) is 4.57 Å². The van der Waals surface area contributed by atoms with E-state index in [4.69, 9.17) is 6.57 Å². The number of amides is 1.